The summed E-state index contributed by atoms with van der Waals surface area (Å²) >= 11 is 0.761. The Morgan fingerprint density at radius 3 is 2.32 bits per heavy atom. The number of phenols is 1. The number of phenolic OH excluding ortho intramolecular Hbond substituents is 1. The van der Waals surface area contributed by atoms with Crippen LogP contribution in [0.1, 0.15) is 18.1 Å². The number of aromatic hydroxyl groups is 1. The van der Waals surface area contributed by atoms with Crippen molar-refractivity contribution in [2.75, 3.05) is 6.61 Å². The van der Waals surface area contributed by atoms with E-state index in [4.69, 9.17) is 15.1 Å². The van der Waals surface area contributed by atoms with Crippen molar-refractivity contribution in [2.24, 2.45) is 5.16 Å². The SMILES string of the molecule is OC[C@@H]1OC(S/C(C[C@H](O)c2ccc(O)cc2)=N\O)[C@@H](O)[C@H](O)[C@H]1O. The fraction of sp³-hybridized carbons (Fsp3) is 0.533. The molecule has 0 aromatic heterocycles. The van der Waals surface area contributed by atoms with E-state index < -0.39 is 42.6 Å². The second kappa shape index (κ2) is 8.81. The minimum absolute atomic E-state index is 0.0184. The maximum Gasteiger partial charge on any atom is 0.138 e. The van der Waals surface area contributed by atoms with Gasteiger partial charge >= 0.3 is 0 Å². The molecule has 2 rings (SSSR count). The Morgan fingerprint density at radius 2 is 1.76 bits per heavy atom. The Morgan fingerprint density at radius 1 is 1.12 bits per heavy atom. The summed E-state index contributed by atoms with van der Waals surface area (Å²) in [6, 6.07) is 5.82. The molecule has 6 atom stereocenters. The lowest BCUT2D eigenvalue weighted by Crippen LogP contribution is -2.57. The Labute approximate surface area is 147 Å². The minimum atomic E-state index is -1.54. The van der Waals surface area contributed by atoms with Gasteiger partial charge in [0.05, 0.1) is 12.7 Å². The van der Waals surface area contributed by atoms with E-state index in [2.05, 4.69) is 5.16 Å². The largest absolute Gasteiger partial charge is 0.508 e. The second-order valence-electron chi connectivity index (χ2n) is 5.62. The van der Waals surface area contributed by atoms with Gasteiger partial charge in [-0.05, 0) is 17.7 Å². The summed E-state index contributed by atoms with van der Waals surface area (Å²) in [5.74, 6) is 0.0442. The number of aliphatic hydroxyl groups is 5. The molecule has 7 N–H and O–H groups in total. The third-order valence-electron chi connectivity index (χ3n) is 3.86. The lowest BCUT2D eigenvalue weighted by molar-refractivity contribution is -0.205. The molecule has 1 heterocycles. The first-order chi connectivity index (χ1) is 11.9. The predicted molar refractivity (Wildman–Crippen MR) is 88.3 cm³/mol. The lowest BCUT2D eigenvalue weighted by Gasteiger charge is -2.39. The van der Waals surface area contributed by atoms with E-state index in [0.717, 1.165) is 11.8 Å². The Hall–Kier alpha value is -1.40. The standard InChI is InChI=1S/C15H21NO8S/c17-6-10-12(20)13(21)14(22)15(24-10)25-11(16-23)5-9(19)7-1-3-8(18)4-2-7/h1-4,9-10,12-15,17-23H,5-6H2/b16-11-/t9-,10-,12-,13+,14-,15?/m0/s1. The molecule has 9 nitrogen and oxygen atoms in total. The van der Waals surface area contributed by atoms with Crippen LogP contribution in [0.15, 0.2) is 29.4 Å². The average molecular weight is 375 g/mol. The molecule has 1 fully saturated rings. The minimum Gasteiger partial charge on any atom is -0.508 e. The topological polar surface area (TPSA) is 163 Å². The first kappa shape index (κ1) is 19.9. The molecule has 1 aliphatic rings. The summed E-state index contributed by atoms with van der Waals surface area (Å²) in [5, 5.41) is 70.3. The van der Waals surface area contributed by atoms with E-state index in [1.54, 1.807) is 0 Å². The van der Waals surface area contributed by atoms with Gasteiger partial charge in [0.2, 0.25) is 0 Å². The Bertz CT molecular complexity index is 581. The number of oxime groups is 1. The summed E-state index contributed by atoms with van der Waals surface area (Å²) in [5.41, 5.74) is -0.623. The van der Waals surface area contributed by atoms with Crippen LogP contribution in [0, 0.1) is 0 Å². The molecular weight excluding hydrogens is 354 g/mol. The molecule has 1 saturated heterocycles. The van der Waals surface area contributed by atoms with Crippen molar-refractivity contribution in [1.29, 1.82) is 0 Å². The van der Waals surface area contributed by atoms with Crippen LogP contribution in [0.4, 0.5) is 0 Å². The molecular formula is C15H21NO8S. The fourth-order valence-corrected chi connectivity index (χ4v) is 3.46. The first-order valence-electron chi connectivity index (χ1n) is 7.52. The molecule has 140 valence electrons. The van der Waals surface area contributed by atoms with Gasteiger partial charge in [-0.1, -0.05) is 29.1 Å². The van der Waals surface area contributed by atoms with Gasteiger partial charge in [-0.2, -0.15) is 0 Å². The molecule has 0 bridgehead atoms. The molecule has 1 aliphatic heterocycles. The van der Waals surface area contributed by atoms with E-state index in [1.807, 2.05) is 0 Å². The highest BCUT2D eigenvalue weighted by Crippen LogP contribution is 2.32. The third-order valence-corrected chi connectivity index (χ3v) is 5.00. The van der Waals surface area contributed by atoms with Gasteiger partial charge in [-0.3, -0.25) is 0 Å². The third kappa shape index (κ3) is 4.82. The van der Waals surface area contributed by atoms with Crippen LogP contribution in [0.5, 0.6) is 5.75 Å². The first-order valence-corrected chi connectivity index (χ1v) is 8.40. The van der Waals surface area contributed by atoms with Crippen LogP contribution in [0.25, 0.3) is 0 Å². The molecule has 0 saturated carbocycles. The maximum absolute atomic E-state index is 10.2. The van der Waals surface area contributed by atoms with E-state index >= 15 is 0 Å². The number of aliphatic hydroxyl groups excluding tert-OH is 5. The van der Waals surface area contributed by atoms with Crippen molar-refractivity contribution in [3.63, 3.8) is 0 Å². The molecule has 1 aromatic carbocycles. The summed E-state index contributed by atoms with van der Waals surface area (Å²) < 4.78 is 5.31. The zero-order chi connectivity index (χ0) is 18.6. The maximum atomic E-state index is 10.2. The number of thioether (sulfide) groups is 1. The van der Waals surface area contributed by atoms with E-state index in [-0.39, 0.29) is 17.2 Å². The van der Waals surface area contributed by atoms with Crippen molar-refractivity contribution < 1.29 is 40.6 Å². The number of benzene rings is 1. The monoisotopic (exact) mass is 375 g/mol. The van der Waals surface area contributed by atoms with Gasteiger partial charge < -0.3 is 40.6 Å². The molecule has 0 aliphatic carbocycles. The van der Waals surface area contributed by atoms with Crippen LogP contribution < -0.4 is 0 Å². The van der Waals surface area contributed by atoms with E-state index in [9.17, 15) is 25.5 Å². The quantitative estimate of drug-likeness (QED) is 0.150. The number of hydrogen-bond acceptors (Lipinski definition) is 10. The smallest absolute Gasteiger partial charge is 0.138 e. The average Bonchev–Trinajstić information content (AvgIpc) is 2.61. The van der Waals surface area contributed by atoms with Gasteiger partial charge in [0.1, 0.15) is 40.6 Å². The number of nitrogens with zero attached hydrogens (tertiary/aromatic N) is 1. The zero-order valence-corrected chi connectivity index (χ0v) is 13.9. The predicted octanol–water partition coefficient (Wildman–Crippen LogP) is -0.863. The molecule has 1 unspecified atom stereocenters. The van der Waals surface area contributed by atoms with Gasteiger partial charge in [-0.15, -0.1) is 0 Å². The summed E-state index contributed by atoms with van der Waals surface area (Å²) in [6.07, 6.45) is -6.72. The molecule has 0 spiro atoms. The van der Waals surface area contributed by atoms with Gasteiger partial charge in [-0.25, -0.2) is 0 Å². The molecule has 25 heavy (non-hydrogen) atoms. The Balaban J connectivity index is 2.02. The Kier molecular flexibility index (Phi) is 7.02. The number of rotatable bonds is 5. The summed E-state index contributed by atoms with van der Waals surface area (Å²) in [6.45, 7) is -0.566. The summed E-state index contributed by atoms with van der Waals surface area (Å²) in [4.78, 5) is 0. The lowest BCUT2D eigenvalue weighted by atomic mass is 10.0. The molecule has 10 heteroatoms. The highest BCUT2D eigenvalue weighted by Gasteiger charge is 2.44. The highest BCUT2D eigenvalue weighted by molar-refractivity contribution is 8.14. The van der Waals surface area contributed by atoms with Gasteiger partial charge in [0, 0.05) is 6.42 Å². The van der Waals surface area contributed by atoms with Crippen molar-refractivity contribution in [3.05, 3.63) is 29.8 Å². The fourth-order valence-electron chi connectivity index (χ4n) is 2.39. The van der Waals surface area contributed by atoms with Crippen LogP contribution in [-0.2, 0) is 4.74 Å². The number of ether oxygens (including phenoxy) is 1. The number of hydrogen-bond donors (Lipinski definition) is 7. The zero-order valence-electron chi connectivity index (χ0n) is 13.1. The van der Waals surface area contributed by atoms with Crippen molar-refractivity contribution >= 4 is 16.8 Å². The van der Waals surface area contributed by atoms with Crippen LogP contribution >= 0.6 is 11.8 Å². The highest BCUT2D eigenvalue weighted by atomic mass is 32.2. The molecule has 0 amide bonds. The van der Waals surface area contributed by atoms with Crippen molar-refractivity contribution in [2.45, 2.75) is 42.4 Å². The van der Waals surface area contributed by atoms with Gasteiger partial charge in [0.15, 0.2) is 0 Å². The van der Waals surface area contributed by atoms with E-state index in [1.165, 1.54) is 24.3 Å². The molecule has 1 aromatic rings. The van der Waals surface area contributed by atoms with Crippen molar-refractivity contribution in [1.82, 2.24) is 0 Å². The van der Waals surface area contributed by atoms with Crippen LogP contribution in [0.3, 0.4) is 0 Å². The molecule has 0 radical (unpaired) electrons. The summed E-state index contributed by atoms with van der Waals surface area (Å²) in [7, 11) is 0. The van der Waals surface area contributed by atoms with Crippen molar-refractivity contribution in [3.8, 4) is 5.75 Å². The second-order valence-corrected chi connectivity index (χ2v) is 6.79. The van der Waals surface area contributed by atoms with Crippen LogP contribution in [0.2, 0.25) is 0 Å². The van der Waals surface area contributed by atoms with E-state index in [0.29, 0.717) is 5.56 Å². The van der Waals surface area contributed by atoms with Crippen LogP contribution in [-0.4, -0.2) is 77.3 Å². The van der Waals surface area contributed by atoms with Gasteiger partial charge in [0.25, 0.3) is 0 Å². The normalized spacial score (nSPS) is 31.7.